The Morgan fingerprint density at radius 3 is 2.50 bits per heavy atom. The van der Waals surface area contributed by atoms with Gasteiger partial charge in [0, 0.05) is 11.6 Å². The Morgan fingerprint density at radius 1 is 1.22 bits per heavy atom. The molecule has 1 atom stereocenters. The second-order valence-electron chi connectivity index (χ2n) is 4.96. The topological polar surface area (TPSA) is 15.3 Å². The molecule has 0 bridgehead atoms. The normalized spacial score (nSPS) is 13.1. The van der Waals surface area contributed by atoms with Crippen LogP contribution < -0.4 is 5.32 Å². The van der Waals surface area contributed by atoms with Crippen LogP contribution in [0.1, 0.15) is 30.5 Å². The van der Waals surface area contributed by atoms with Gasteiger partial charge in [-0.05, 0) is 65.1 Å². The van der Waals surface area contributed by atoms with Gasteiger partial charge in [0.05, 0.1) is 0 Å². The lowest BCUT2D eigenvalue weighted by Gasteiger charge is -2.17. The fraction of sp³-hybridized carbons (Fsp3) is 0.571. The van der Waals surface area contributed by atoms with Crippen molar-refractivity contribution in [3.05, 3.63) is 34.9 Å². The van der Waals surface area contributed by atoms with Gasteiger partial charge in [0.2, 0.25) is 0 Å². The summed E-state index contributed by atoms with van der Waals surface area (Å²) in [5.41, 5.74) is 0.735. The van der Waals surface area contributed by atoms with Crippen molar-refractivity contribution in [2.24, 2.45) is 0 Å². The number of halogens is 2. The highest BCUT2D eigenvalue weighted by Crippen LogP contribution is 2.20. The summed E-state index contributed by atoms with van der Waals surface area (Å²) >= 11 is 0. The average Bonchev–Trinajstić information content (AvgIpc) is 2.28. The molecule has 1 N–H and O–H groups in total. The molecule has 18 heavy (non-hydrogen) atoms. The molecule has 1 rings (SSSR count). The van der Waals surface area contributed by atoms with Gasteiger partial charge >= 0.3 is 0 Å². The summed E-state index contributed by atoms with van der Waals surface area (Å²) in [6.45, 7) is 5.18. The molecule has 0 aromatic heterocycles. The third kappa shape index (κ3) is 4.35. The van der Waals surface area contributed by atoms with Crippen molar-refractivity contribution < 1.29 is 8.78 Å². The Morgan fingerprint density at radius 2 is 1.89 bits per heavy atom. The van der Waals surface area contributed by atoms with Gasteiger partial charge < -0.3 is 10.2 Å². The van der Waals surface area contributed by atoms with E-state index in [9.17, 15) is 8.78 Å². The van der Waals surface area contributed by atoms with Crippen molar-refractivity contribution in [1.29, 1.82) is 0 Å². The Labute approximate surface area is 108 Å². The van der Waals surface area contributed by atoms with E-state index in [1.807, 2.05) is 21.0 Å². The van der Waals surface area contributed by atoms with Gasteiger partial charge in [-0.15, -0.1) is 0 Å². The zero-order valence-electron chi connectivity index (χ0n) is 11.6. The van der Waals surface area contributed by atoms with Crippen LogP contribution >= 0.6 is 0 Å². The first kappa shape index (κ1) is 15.1. The number of aryl methyl sites for hydroxylation is 1. The summed E-state index contributed by atoms with van der Waals surface area (Å²) in [4.78, 5) is 2.10. The molecule has 0 radical (unpaired) electrons. The number of hydrogen-bond donors (Lipinski definition) is 1. The second-order valence-corrected chi connectivity index (χ2v) is 4.96. The minimum absolute atomic E-state index is 0.178. The first-order valence-corrected chi connectivity index (χ1v) is 6.25. The molecule has 102 valence electrons. The maximum Gasteiger partial charge on any atom is 0.128 e. The summed E-state index contributed by atoms with van der Waals surface area (Å²) in [6.07, 6.45) is 0.979. The number of benzene rings is 1. The quantitative estimate of drug-likeness (QED) is 0.787. The molecule has 0 spiro atoms. The first-order chi connectivity index (χ1) is 8.41. The van der Waals surface area contributed by atoms with E-state index < -0.39 is 0 Å². The van der Waals surface area contributed by atoms with E-state index in [1.165, 1.54) is 12.1 Å². The van der Waals surface area contributed by atoms with Crippen LogP contribution in [0.2, 0.25) is 0 Å². The smallest absolute Gasteiger partial charge is 0.128 e. The number of nitrogens with zero attached hydrogens (tertiary/aromatic N) is 1. The lowest BCUT2D eigenvalue weighted by atomic mass is 10.0. The van der Waals surface area contributed by atoms with Gasteiger partial charge in [-0.1, -0.05) is 0 Å². The Bertz CT molecular complexity index is 392. The van der Waals surface area contributed by atoms with Gasteiger partial charge in [0.15, 0.2) is 0 Å². The van der Waals surface area contributed by atoms with Crippen LogP contribution in [-0.2, 0) is 0 Å². The zero-order chi connectivity index (χ0) is 13.7. The molecule has 2 nitrogen and oxygen atoms in total. The second kappa shape index (κ2) is 6.81. The highest BCUT2D eigenvalue weighted by atomic mass is 19.1. The molecular formula is C14H22F2N2. The number of hydrogen-bond acceptors (Lipinski definition) is 2. The summed E-state index contributed by atoms with van der Waals surface area (Å²) in [7, 11) is 4.02. The van der Waals surface area contributed by atoms with Gasteiger partial charge in [-0.2, -0.15) is 0 Å². The largest absolute Gasteiger partial charge is 0.310 e. The van der Waals surface area contributed by atoms with Crippen LogP contribution in [0, 0.1) is 18.6 Å². The van der Waals surface area contributed by atoms with E-state index in [-0.39, 0.29) is 17.7 Å². The highest BCUT2D eigenvalue weighted by molar-refractivity contribution is 5.27. The highest BCUT2D eigenvalue weighted by Gasteiger charge is 2.13. The average molecular weight is 256 g/mol. The molecule has 1 unspecified atom stereocenters. The predicted octanol–water partition coefficient (Wildman–Crippen LogP) is 2.88. The van der Waals surface area contributed by atoms with Crippen molar-refractivity contribution in [1.82, 2.24) is 10.2 Å². The standard InChI is InChI=1S/C14H22F2N2/c1-10-8-14(16)12(9-13(10)15)11(2)17-6-5-7-18(3)4/h8-9,11,17H,5-7H2,1-4H3. The van der Waals surface area contributed by atoms with Gasteiger partial charge in [0.1, 0.15) is 11.6 Å². The maximum absolute atomic E-state index is 13.7. The molecular weight excluding hydrogens is 234 g/mol. The van der Waals surface area contributed by atoms with Crippen LogP contribution in [0.25, 0.3) is 0 Å². The Hall–Kier alpha value is -1.00. The summed E-state index contributed by atoms with van der Waals surface area (Å²) in [6, 6.07) is 2.36. The van der Waals surface area contributed by atoms with Crippen LogP contribution in [-0.4, -0.2) is 32.1 Å². The SMILES string of the molecule is Cc1cc(F)c(C(C)NCCCN(C)C)cc1F. The Kier molecular flexibility index (Phi) is 5.69. The monoisotopic (exact) mass is 256 g/mol. The van der Waals surface area contributed by atoms with Crippen molar-refractivity contribution in [2.45, 2.75) is 26.3 Å². The summed E-state index contributed by atoms with van der Waals surface area (Å²) < 4.78 is 27.1. The molecule has 0 heterocycles. The minimum Gasteiger partial charge on any atom is -0.310 e. The molecule has 0 aliphatic carbocycles. The summed E-state index contributed by atoms with van der Waals surface area (Å²) in [5, 5.41) is 3.21. The molecule has 0 fully saturated rings. The van der Waals surface area contributed by atoms with Gasteiger partial charge in [-0.25, -0.2) is 8.78 Å². The van der Waals surface area contributed by atoms with Crippen LogP contribution in [0.4, 0.5) is 8.78 Å². The van der Waals surface area contributed by atoms with Crippen molar-refractivity contribution >= 4 is 0 Å². The molecule has 0 saturated heterocycles. The van der Waals surface area contributed by atoms with Crippen LogP contribution in [0.3, 0.4) is 0 Å². The van der Waals surface area contributed by atoms with Crippen LogP contribution in [0.15, 0.2) is 12.1 Å². The van der Waals surface area contributed by atoms with Gasteiger partial charge in [0.25, 0.3) is 0 Å². The number of rotatable bonds is 6. The molecule has 1 aromatic rings. The van der Waals surface area contributed by atoms with Crippen molar-refractivity contribution in [3.8, 4) is 0 Å². The molecule has 1 aromatic carbocycles. The first-order valence-electron chi connectivity index (χ1n) is 6.25. The molecule has 0 saturated carbocycles. The minimum atomic E-state index is -0.353. The fourth-order valence-electron chi connectivity index (χ4n) is 1.82. The Balaban J connectivity index is 2.56. The lowest BCUT2D eigenvalue weighted by Crippen LogP contribution is -2.24. The molecule has 4 heteroatoms. The van der Waals surface area contributed by atoms with E-state index >= 15 is 0 Å². The summed E-state index contributed by atoms with van der Waals surface area (Å²) in [5.74, 6) is -0.699. The molecule has 0 aliphatic heterocycles. The van der Waals surface area contributed by atoms with E-state index in [2.05, 4.69) is 10.2 Å². The van der Waals surface area contributed by atoms with Gasteiger partial charge in [-0.3, -0.25) is 0 Å². The number of nitrogens with one attached hydrogen (secondary N) is 1. The third-order valence-corrected chi connectivity index (χ3v) is 2.98. The molecule has 0 aliphatic rings. The zero-order valence-corrected chi connectivity index (χ0v) is 11.6. The lowest BCUT2D eigenvalue weighted by molar-refractivity contribution is 0.387. The molecule has 0 amide bonds. The van der Waals surface area contributed by atoms with E-state index in [0.717, 1.165) is 19.5 Å². The van der Waals surface area contributed by atoms with E-state index in [0.29, 0.717) is 11.1 Å². The maximum atomic E-state index is 13.7. The van der Waals surface area contributed by atoms with E-state index in [4.69, 9.17) is 0 Å². The predicted molar refractivity (Wildman–Crippen MR) is 70.7 cm³/mol. The van der Waals surface area contributed by atoms with Crippen molar-refractivity contribution in [2.75, 3.05) is 27.2 Å². The van der Waals surface area contributed by atoms with Crippen molar-refractivity contribution in [3.63, 3.8) is 0 Å². The van der Waals surface area contributed by atoms with Crippen LogP contribution in [0.5, 0.6) is 0 Å². The fourth-order valence-corrected chi connectivity index (χ4v) is 1.82. The third-order valence-electron chi connectivity index (χ3n) is 2.98. The van der Waals surface area contributed by atoms with E-state index in [1.54, 1.807) is 6.92 Å².